The molecule has 24 heavy (non-hydrogen) atoms. The normalized spacial score (nSPS) is 13.4. The number of carboxylic acids is 1. The Hall–Kier alpha value is -3.08. The van der Waals surface area contributed by atoms with Crippen LogP contribution in [0.4, 0.5) is 0 Å². The van der Waals surface area contributed by atoms with E-state index in [1.165, 1.54) is 0 Å². The summed E-state index contributed by atoms with van der Waals surface area (Å²) in [5.41, 5.74) is 2.00. The van der Waals surface area contributed by atoms with E-state index in [0.717, 1.165) is 16.5 Å². The van der Waals surface area contributed by atoms with E-state index in [9.17, 15) is 14.7 Å². The van der Waals surface area contributed by atoms with Crippen molar-refractivity contribution in [1.29, 1.82) is 0 Å². The Labute approximate surface area is 139 Å². The summed E-state index contributed by atoms with van der Waals surface area (Å²) in [6.07, 6.45) is 1.77. The third-order valence-electron chi connectivity index (χ3n) is 4.17. The zero-order valence-corrected chi connectivity index (χ0v) is 13.2. The molecule has 0 saturated carbocycles. The number of rotatable bonds is 5. The summed E-state index contributed by atoms with van der Waals surface area (Å²) in [6, 6.07) is 15.9. The van der Waals surface area contributed by atoms with Gasteiger partial charge in [-0.05, 0) is 24.6 Å². The summed E-state index contributed by atoms with van der Waals surface area (Å²) in [5.74, 6) is -2.01. The Morgan fingerprint density at radius 2 is 1.79 bits per heavy atom. The van der Waals surface area contributed by atoms with Gasteiger partial charge in [-0.15, -0.1) is 0 Å². The second-order valence-corrected chi connectivity index (χ2v) is 5.74. The van der Waals surface area contributed by atoms with Gasteiger partial charge in [-0.1, -0.05) is 42.5 Å². The molecule has 0 radical (unpaired) electrons. The van der Waals surface area contributed by atoms with Crippen LogP contribution in [0.5, 0.6) is 0 Å². The van der Waals surface area contributed by atoms with E-state index in [1.54, 1.807) is 19.2 Å². The van der Waals surface area contributed by atoms with Crippen molar-refractivity contribution in [2.24, 2.45) is 5.92 Å². The topological polar surface area (TPSA) is 82.2 Å². The number of para-hydroxylation sites is 1. The van der Waals surface area contributed by atoms with Crippen LogP contribution in [0.1, 0.15) is 28.9 Å². The molecule has 0 fully saturated rings. The fourth-order valence-electron chi connectivity index (χ4n) is 2.79. The number of benzene rings is 2. The Kier molecular flexibility index (Phi) is 4.33. The Balaban J connectivity index is 1.94. The smallest absolute Gasteiger partial charge is 0.308 e. The van der Waals surface area contributed by atoms with Gasteiger partial charge < -0.3 is 15.4 Å². The predicted octanol–water partition coefficient (Wildman–Crippen LogP) is 3.36. The maximum Gasteiger partial charge on any atom is 0.308 e. The summed E-state index contributed by atoms with van der Waals surface area (Å²) in [6.45, 7) is 1.59. The van der Waals surface area contributed by atoms with E-state index in [4.69, 9.17) is 0 Å². The Morgan fingerprint density at radius 3 is 2.50 bits per heavy atom. The van der Waals surface area contributed by atoms with E-state index in [-0.39, 0.29) is 5.91 Å². The first-order chi connectivity index (χ1) is 11.6. The largest absolute Gasteiger partial charge is 0.481 e. The van der Waals surface area contributed by atoms with E-state index < -0.39 is 17.9 Å². The lowest BCUT2D eigenvalue weighted by molar-refractivity contribution is -0.142. The van der Waals surface area contributed by atoms with Gasteiger partial charge in [0.15, 0.2) is 0 Å². The first-order valence-corrected chi connectivity index (χ1v) is 7.72. The van der Waals surface area contributed by atoms with Crippen LogP contribution in [0.3, 0.4) is 0 Å². The maximum absolute atomic E-state index is 12.7. The van der Waals surface area contributed by atoms with Gasteiger partial charge in [0.25, 0.3) is 5.91 Å². The molecule has 0 bridgehead atoms. The number of fused-ring (bicyclic) bond motifs is 1. The minimum absolute atomic E-state index is 0.301. The van der Waals surface area contributed by atoms with Crippen molar-refractivity contribution < 1.29 is 14.7 Å². The van der Waals surface area contributed by atoms with Crippen molar-refractivity contribution in [3.63, 3.8) is 0 Å². The zero-order valence-electron chi connectivity index (χ0n) is 13.2. The number of nitrogens with one attached hydrogen (secondary N) is 2. The van der Waals surface area contributed by atoms with E-state index >= 15 is 0 Å². The summed E-state index contributed by atoms with van der Waals surface area (Å²) >= 11 is 0. The maximum atomic E-state index is 12.7. The third-order valence-corrected chi connectivity index (χ3v) is 4.17. The van der Waals surface area contributed by atoms with E-state index in [0.29, 0.717) is 5.56 Å². The van der Waals surface area contributed by atoms with Crippen molar-refractivity contribution in [3.8, 4) is 0 Å². The molecule has 1 amide bonds. The van der Waals surface area contributed by atoms with Gasteiger partial charge in [0.2, 0.25) is 0 Å². The molecule has 3 rings (SSSR count). The van der Waals surface area contributed by atoms with Crippen LogP contribution < -0.4 is 5.32 Å². The number of aromatic nitrogens is 1. The number of aromatic amines is 1. The summed E-state index contributed by atoms with van der Waals surface area (Å²) in [4.78, 5) is 27.2. The first-order valence-electron chi connectivity index (χ1n) is 7.72. The standard InChI is InChI=1S/C19H18N2O3/c1-12(19(23)24)16(13-6-3-2-4-7-13)21-18(22)15-9-5-8-14-10-11-20-17(14)15/h2-12,16,20H,1H3,(H,21,22)(H,23,24)/t12-,16+/m1/s1. The number of H-pyrrole nitrogens is 1. The van der Waals surface area contributed by atoms with Gasteiger partial charge in [0, 0.05) is 11.6 Å². The SMILES string of the molecule is C[C@@H](C(=O)O)[C@H](NC(=O)c1cccc2cc[nH]c12)c1ccccc1. The van der Waals surface area contributed by atoms with Crippen LogP contribution >= 0.6 is 0 Å². The number of carbonyl (C=O) groups is 2. The Morgan fingerprint density at radius 1 is 1.04 bits per heavy atom. The van der Waals surface area contributed by atoms with Crippen LogP contribution in [0.25, 0.3) is 10.9 Å². The summed E-state index contributed by atoms with van der Waals surface area (Å²) in [5, 5.41) is 13.2. The molecular weight excluding hydrogens is 304 g/mol. The van der Waals surface area contributed by atoms with Crippen molar-refractivity contribution in [2.75, 3.05) is 0 Å². The highest BCUT2D eigenvalue weighted by Gasteiger charge is 2.27. The number of hydrogen-bond acceptors (Lipinski definition) is 2. The average molecular weight is 322 g/mol. The minimum atomic E-state index is -0.956. The fraction of sp³-hybridized carbons (Fsp3) is 0.158. The van der Waals surface area contributed by atoms with Crippen LogP contribution in [-0.4, -0.2) is 22.0 Å². The fourth-order valence-corrected chi connectivity index (χ4v) is 2.79. The molecular formula is C19H18N2O3. The molecule has 0 unspecified atom stereocenters. The molecule has 2 aromatic carbocycles. The van der Waals surface area contributed by atoms with Crippen LogP contribution in [-0.2, 0) is 4.79 Å². The van der Waals surface area contributed by atoms with Crippen LogP contribution in [0.2, 0.25) is 0 Å². The van der Waals surface area contributed by atoms with Crippen molar-refractivity contribution in [1.82, 2.24) is 10.3 Å². The van der Waals surface area contributed by atoms with Gasteiger partial charge in [-0.3, -0.25) is 9.59 Å². The van der Waals surface area contributed by atoms with Crippen LogP contribution in [0.15, 0.2) is 60.8 Å². The third kappa shape index (κ3) is 3.01. The minimum Gasteiger partial charge on any atom is -0.481 e. The molecule has 2 atom stereocenters. The average Bonchev–Trinajstić information content (AvgIpc) is 3.08. The van der Waals surface area contributed by atoms with Gasteiger partial charge in [-0.2, -0.15) is 0 Å². The highest BCUT2D eigenvalue weighted by atomic mass is 16.4. The quantitative estimate of drug-likeness (QED) is 0.673. The van der Waals surface area contributed by atoms with E-state index in [1.807, 2.05) is 48.5 Å². The second-order valence-electron chi connectivity index (χ2n) is 5.74. The molecule has 0 aliphatic rings. The number of aliphatic carboxylic acids is 1. The molecule has 0 saturated heterocycles. The number of amides is 1. The highest BCUT2D eigenvalue weighted by Crippen LogP contribution is 2.24. The molecule has 3 N–H and O–H groups in total. The van der Waals surface area contributed by atoms with Crippen molar-refractivity contribution in [2.45, 2.75) is 13.0 Å². The molecule has 0 aliphatic carbocycles. The van der Waals surface area contributed by atoms with Crippen LogP contribution in [0, 0.1) is 5.92 Å². The molecule has 3 aromatic rings. The van der Waals surface area contributed by atoms with Gasteiger partial charge in [0.05, 0.1) is 23.0 Å². The van der Waals surface area contributed by atoms with E-state index in [2.05, 4.69) is 10.3 Å². The lowest BCUT2D eigenvalue weighted by Crippen LogP contribution is -2.35. The molecule has 0 aliphatic heterocycles. The molecule has 5 heteroatoms. The molecule has 5 nitrogen and oxygen atoms in total. The number of hydrogen-bond donors (Lipinski definition) is 3. The zero-order chi connectivity index (χ0) is 17.1. The van der Waals surface area contributed by atoms with Crippen molar-refractivity contribution >= 4 is 22.8 Å². The molecule has 1 aromatic heterocycles. The predicted molar refractivity (Wildman–Crippen MR) is 91.7 cm³/mol. The molecule has 0 spiro atoms. The van der Waals surface area contributed by atoms with Crippen molar-refractivity contribution in [3.05, 3.63) is 71.9 Å². The first kappa shape index (κ1) is 15.8. The summed E-state index contributed by atoms with van der Waals surface area (Å²) < 4.78 is 0. The summed E-state index contributed by atoms with van der Waals surface area (Å²) in [7, 11) is 0. The van der Waals surface area contributed by atoms with Gasteiger partial charge in [-0.25, -0.2) is 0 Å². The molecule has 1 heterocycles. The molecule has 122 valence electrons. The second kappa shape index (κ2) is 6.58. The number of carbonyl (C=O) groups excluding carboxylic acids is 1. The highest BCUT2D eigenvalue weighted by molar-refractivity contribution is 6.05. The lowest BCUT2D eigenvalue weighted by Gasteiger charge is -2.23. The van der Waals surface area contributed by atoms with Gasteiger partial charge >= 0.3 is 5.97 Å². The number of carboxylic acid groups (broad SMARTS) is 1. The lowest BCUT2D eigenvalue weighted by atomic mass is 9.94. The monoisotopic (exact) mass is 322 g/mol. The van der Waals surface area contributed by atoms with Gasteiger partial charge in [0.1, 0.15) is 0 Å². The Bertz CT molecular complexity index is 870.